The van der Waals surface area contributed by atoms with E-state index in [2.05, 4.69) is 17.0 Å². The van der Waals surface area contributed by atoms with Crippen molar-refractivity contribution in [1.82, 2.24) is 0 Å². The highest BCUT2D eigenvalue weighted by Gasteiger charge is 2.50. The number of benzene rings is 1. The molecule has 5 nitrogen and oxygen atoms in total. The van der Waals surface area contributed by atoms with Gasteiger partial charge in [0, 0.05) is 12.3 Å². The molecule has 0 aromatic heterocycles. The highest BCUT2D eigenvalue weighted by Crippen LogP contribution is 2.61. The van der Waals surface area contributed by atoms with Crippen LogP contribution in [0, 0.1) is 23.2 Å². The molecular formula is C26H41N2O3+. The summed E-state index contributed by atoms with van der Waals surface area (Å²) < 4.78 is 11.3. The van der Waals surface area contributed by atoms with Gasteiger partial charge in [-0.05, 0) is 92.4 Å². The summed E-state index contributed by atoms with van der Waals surface area (Å²) in [6.07, 6.45) is 9.75. The van der Waals surface area contributed by atoms with Gasteiger partial charge >= 0.3 is 0 Å². The van der Waals surface area contributed by atoms with Crippen LogP contribution in [0.3, 0.4) is 0 Å². The average molecular weight is 430 g/mol. The van der Waals surface area contributed by atoms with Crippen LogP contribution < -0.4 is 14.5 Å². The Morgan fingerprint density at radius 3 is 2.23 bits per heavy atom. The molecule has 6 rings (SSSR count). The average Bonchev–Trinajstić information content (AvgIpc) is 2.76. The topological polar surface area (TPSA) is 46.4 Å². The number of rotatable bonds is 9. The minimum atomic E-state index is -0.348. The second kappa shape index (κ2) is 9.29. The first-order valence-electron chi connectivity index (χ1n) is 12.6. The monoisotopic (exact) mass is 429 g/mol. The van der Waals surface area contributed by atoms with Crippen LogP contribution in [0.4, 0.5) is 5.69 Å². The molecule has 31 heavy (non-hydrogen) atoms. The van der Waals surface area contributed by atoms with Crippen LogP contribution in [0.15, 0.2) is 24.3 Å². The second-order valence-corrected chi connectivity index (χ2v) is 11.0. The van der Waals surface area contributed by atoms with Crippen molar-refractivity contribution in [3.8, 4) is 5.75 Å². The normalized spacial score (nSPS) is 33.6. The summed E-state index contributed by atoms with van der Waals surface area (Å²) in [6.45, 7) is 6.32. The van der Waals surface area contributed by atoms with Gasteiger partial charge in [0.25, 0.3) is 0 Å². The Balaban J connectivity index is 0.992. The van der Waals surface area contributed by atoms with Crippen molar-refractivity contribution in [2.24, 2.45) is 23.2 Å². The van der Waals surface area contributed by atoms with Crippen LogP contribution in [-0.2, 0) is 4.74 Å². The highest BCUT2D eigenvalue weighted by molar-refractivity contribution is 5.49. The molecule has 172 valence electrons. The van der Waals surface area contributed by atoms with Gasteiger partial charge in [0.05, 0.1) is 39.9 Å². The van der Waals surface area contributed by atoms with Crippen molar-refractivity contribution in [3.63, 3.8) is 0 Å². The second-order valence-electron chi connectivity index (χ2n) is 11.0. The third kappa shape index (κ3) is 5.04. The van der Waals surface area contributed by atoms with Crippen molar-refractivity contribution < 1.29 is 19.5 Å². The number of aliphatic hydroxyl groups excluding tert-OH is 1. The van der Waals surface area contributed by atoms with Gasteiger partial charge in [-0.3, -0.25) is 0 Å². The first-order chi connectivity index (χ1) is 15.1. The maximum atomic E-state index is 10.5. The number of piperazine rings is 1. The quantitative estimate of drug-likeness (QED) is 0.592. The zero-order chi connectivity index (χ0) is 21.3. The summed E-state index contributed by atoms with van der Waals surface area (Å²) in [7, 11) is 1.70. The molecule has 5 aliphatic rings. The molecule has 0 radical (unpaired) electrons. The first kappa shape index (κ1) is 21.5. The van der Waals surface area contributed by atoms with Gasteiger partial charge in [-0.2, -0.15) is 0 Å². The highest BCUT2D eigenvalue weighted by atomic mass is 16.5. The van der Waals surface area contributed by atoms with Crippen LogP contribution >= 0.6 is 0 Å². The number of methoxy groups -OCH3 is 1. The van der Waals surface area contributed by atoms with Crippen LogP contribution in [0.25, 0.3) is 0 Å². The third-order valence-electron chi connectivity index (χ3n) is 8.68. The van der Waals surface area contributed by atoms with E-state index in [9.17, 15) is 5.11 Å². The zero-order valence-electron chi connectivity index (χ0n) is 19.2. The molecule has 5 heteroatoms. The van der Waals surface area contributed by atoms with Gasteiger partial charge in [-0.25, -0.2) is 0 Å². The number of aliphatic hydroxyl groups is 1. The van der Waals surface area contributed by atoms with Crippen molar-refractivity contribution >= 4 is 5.69 Å². The van der Waals surface area contributed by atoms with E-state index < -0.39 is 0 Å². The molecule has 0 unspecified atom stereocenters. The van der Waals surface area contributed by atoms with E-state index in [0.29, 0.717) is 12.0 Å². The predicted octanol–water partition coefficient (Wildman–Crippen LogP) is 2.38. The van der Waals surface area contributed by atoms with Gasteiger partial charge in [-0.15, -0.1) is 0 Å². The molecular weight excluding hydrogens is 388 g/mol. The van der Waals surface area contributed by atoms with Crippen molar-refractivity contribution in [3.05, 3.63) is 24.3 Å². The van der Waals surface area contributed by atoms with Crippen LogP contribution in [-0.4, -0.2) is 64.3 Å². The van der Waals surface area contributed by atoms with Crippen LogP contribution in [0.2, 0.25) is 0 Å². The van der Waals surface area contributed by atoms with E-state index in [4.69, 9.17) is 9.47 Å². The summed E-state index contributed by atoms with van der Waals surface area (Å²) in [4.78, 5) is 3.92. The number of hydrogen-bond donors (Lipinski definition) is 2. The zero-order valence-corrected chi connectivity index (χ0v) is 19.2. The molecule has 0 spiro atoms. The Hall–Kier alpha value is -1.30. The van der Waals surface area contributed by atoms with Gasteiger partial charge < -0.3 is 24.4 Å². The Kier molecular flexibility index (Phi) is 6.45. The molecule has 1 heterocycles. The largest absolute Gasteiger partial charge is 0.497 e. The molecule has 2 N–H and O–H groups in total. The SMILES string of the molecule is COc1ccc(N2CC[NH+](C[C@H](O)COCCC34CC5CC(CC(C5)C3)C4)CC2)cc1. The number of quaternary nitrogens is 1. The maximum Gasteiger partial charge on any atom is 0.126 e. The summed E-state index contributed by atoms with van der Waals surface area (Å²) in [6, 6.07) is 8.32. The molecule has 1 aromatic rings. The Bertz CT molecular complexity index is 679. The minimum Gasteiger partial charge on any atom is -0.497 e. The molecule has 1 aromatic carbocycles. The van der Waals surface area contributed by atoms with Gasteiger partial charge in [0.15, 0.2) is 0 Å². The molecule has 1 atom stereocenters. The van der Waals surface area contributed by atoms with E-state index >= 15 is 0 Å². The lowest BCUT2D eigenvalue weighted by Crippen LogP contribution is -3.16. The molecule has 4 saturated carbocycles. The van der Waals surface area contributed by atoms with E-state index in [1.807, 2.05) is 12.1 Å². The lowest BCUT2D eigenvalue weighted by Gasteiger charge is -2.57. The van der Waals surface area contributed by atoms with Gasteiger partial charge in [0.1, 0.15) is 18.4 Å². The lowest BCUT2D eigenvalue weighted by molar-refractivity contribution is -0.903. The standard InChI is InChI=1S/C26H40N2O3/c1-30-25-4-2-23(3-5-25)28-9-7-27(8-10-28)18-24(29)19-31-11-6-26-15-20-12-21(16-26)14-22(13-20)17-26/h2-5,20-22,24,29H,6-19H2,1H3/p+1/t20?,21?,22?,24-,26?/m0/s1. The van der Waals surface area contributed by atoms with Crippen molar-refractivity contribution in [1.29, 1.82) is 0 Å². The molecule has 0 amide bonds. The summed E-state index contributed by atoms with van der Waals surface area (Å²) in [5.41, 5.74) is 1.84. The Morgan fingerprint density at radius 1 is 1.03 bits per heavy atom. The fraction of sp³-hybridized carbons (Fsp3) is 0.769. The molecule has 4 aliphatic carbocycles. The van der Waals surface area contributed by atoms with E-state index in [1.165, 1.54) is 55.5 Å². The van der Waals surface area contributed by atoms with E-state index in [1.54, 1.807) is 7.11 Å². The summed E-state index contributed by atoms with van der Waals surface area (Å²) in [5, 5.41) is 10.5. The maximum absolute atomic E-state index is 10.5. The number of ether oxygens (including phenoxy) is 2. The molecule has 1 aliphatic heterocycles. The Morgan fingerprint density at radius 2 is 1.65 bits per heavy atom. The molecule has 4 bridgehead atoms. The summed E-state index contributed by atoms with van der Waals surface area (Å²) >= 11 is 0. The van der Waals surface area contributed by atoms with Crippen LogP contribution in [0.1, 0.15) is 44.9 Å². The third-order valence-corrected chi connectivity index (χ3v) is 8.68. The number of hydrogen-bond acceptors (Lipinski definition) is 4. The first-order valence-corrected chi connectivity index (χ1v) is 12.6. The lowest BCUT2D eigenvalue weighted by atomic mass is 9.49. The molecule has 1 saturated heterocycles. The minimum absolute atomic E-state index is 0.348. The van der Waals surface area contributed by atoms with Gasteiger partial charge in [-0.1, -0.05) is 0 Å². The smallest absolute Gasteiger partial charge is 0.126 e. The van der Waals surface area contributed by atoms with Crippen molar-refractivity contribution in [2.45, 2.75) is 51.0 Å². The predicted molar refractivity (Wildman–Crippen MR) is 123 cm³/mol. The fourth-order valence-electron chi connectivity index (χ4n) is 7.57. The number of anilines is 1. The van der Waals surface area contributed by atoms with Gasteiger partial charge in [0.2, 0.25) is 0 Å². The number of nitrogens with one attached hydrogen (secondary N) is 1. The Labute approximate surface area is 187 Å². The fourth-order valence-corrected chi connectivity index (χ4v) is 7.57. The summed E-state index contributed by atoms with van der Waals surface area (Å²) in [5.74, 6) is 3.94. The van der Waals surface area contributed by atoms with E-state index in [-0.39, 0.29) is 6.10 Å². The number of nitrogens with zero attached hydrogens (tertiary/aromatic N) is 1. The van der Waals surface area contributed by atoms with Crippen molar-refractivity contribution in [2.75, 3.05) is 57.9 Å². The van der Waals surface area contributed by atoms with E-state index in [0.717, 1.165) is 62.8 Å². The van der Waals surface area contributed by atoms with Crippen LogP contribution in [0.5, 0.6) is 5.75 Å². The molecule has 5 fully saturated rings.